The molecule has 0 aliphatic heterocycles. The van der Waals surface area contributed by atoms with Crippen molar-refractivity contribution in [2.45, 2.75) is 26.2 Å². The average molecular weight is 153 g/mol. The molecule has 0 radical (unpaired) electrons. The molecule has 1 saturated carbocycles. The molecule has 1 aliphatic rings. The number of rotatable bonds is 3. The highest BCUT2D eigenvalue weighted by Crippen LogP contribution is 2.30. The molecule has 0 atom stereocenters. The van der Waals surface area contributed by atoms with E-state index in [1.54, 1.807) is 0 Å². The van der Waals surface area contributed by atoms with Crippen LogP contribution in [0.3, 0.4) is 0 Å². The van der Waals surface area contributed by atoms with E-state index in [1.807, 2.05) is 6.92 Å². The second-order valence-electron chi connectivity index (χ2n) is 3.18. The van der Waals surface area contributed by atoms with Crippen LogP contribution in [0.2, 0.25) is 0 Å². The van der Waals surface area contributed by atoms with Crippen molar-refractivity contribution in [3.63, 3.8) is 0 Å². The highest BCUT2D eigenvalue weighted by Gasteiger charge is 2.20. The van der Waals surface area contributed by atoms with Crippen molar-refractivity contribution < 1.29 is 4.79 Å². The summed E-state index contributed by atoms with van der Waals surface area (Å²) in [7, 11) is 0. The van der Waals surface area contributed by atoms with E-state index >= 15 is 0 Å². The Morgan fingerprint density at radius 3 is 2.82 bits per heavy atom. The fraction of sp³-hybridized carbons (Fsp3) is 0.667. The topological polar surface area (TPSA) is 29.1 Å². The lowest BCUT2D eigenvalue weighted by Gasteiger charge is -2.28. The summed E-state index contributed by atoms with van der Waals surface area (Å²) in [4.78, 5) is 10.8. The summed E-state index contributed by atoms with van der Waals surface area (Å²) in [5.74, 6) is 0.820. The zero-order chi connectivity index (χ0) is 8.27. The molecule has 62 valence electrons. The Morgan fingerprint density at radius 2 is 2.36 bits per heavy atom. The van der Waals surface area contributed by atoms with E-state index in [1.165, 1.54) is 5.57 Å². The molecule has 0 aromatic carbocycles. The summed E-state index contributed by atoms with van der Waals surface area (Å²) in [6.45, 7) is 6.55. The van der Waals surface area contributed by atoms with Crippen molar-refractivity contribution in [3.05, 3.63) is 12.2 Å². The minimum absolute atomic E-state index is 0.155. The minimum atomic E-state index is 0.155. The molecule has 1 N–H and O–H groups in total. The standard InChI is InChI=1S/C9H15NO/c1-3-9(11)10-6-8-4-7(2)5-8/h8H,2-6H2,1H3,(H,10,11). The average Bonchev–Trinajstić information content (AvgIpc) is 1.95. The van der Waals surface area contributed by atoms with Gasteiger partial charge in [-0.1, -0.05) is 19.1 Å². The number of carbonyl (C=O) groups is 1. The summed E-state index contributed by atoms with van der Waals surface area (Å²) >= 11 is 0. The van der Waals surface area contributed by atoms with Crippen LogP contribution in [-0.4, -0.2) is 12.5 Å². The summed E-state index contributed by atoms with van der Waals surface area (Å²) in [5, 5.41) is 2.87. The van der Waals surface area contributed by atoms with Crippen LogP contribution in [0.15, 0.2) is 12.2 Å². The lowest BCUT2D eigenvalue weighted by atomic mass is 9.81. The van der Waals surface area contributed by atoms with Crippen molar-refractivity contribution >= 4 is 5.91 Å². The van der Waals surface area contributed by atoms with E-state index in [9.17, 15) is 4.79 Å². The first kappa shape index (κ1) is 8.31. The molecule has 1 aliphatic carbocycles. The third kappa shape index (κ3) is 2.37. The Balaban J connectivity index is 2.04. The zero-order valence-corrected chi connectivity index (χ0v) is 7.02. The molecule has 0 saturated heterocycles. The minimum Gasteiger partial charge on any atom is -0.356 e. The van der Waals surface area contributed by atoms with Crippen LogP contribution < -0.4 is 5.32 Å². The van der Waals surface area contributed by atoms with E-state index in [-0.39, 0.29) is 5.91 Å². The summed E-state index contributed by atoms with van der Waals surface area (Å²) in [6, 6.07) is 0. The number of allylic oxidation sites excluding steroid dienone is 1. The third-order valence-corrected chi connectivity index (χ3v) is 2.06. The van der Waals surface area contributed by atoms with E-state index in [0.717, 1.165) is 19.4 Å². The molecule has 0 heterocycles. The van der Waals surface area contributed by atoms with E-state index in [4.69, 9.17) is 0 Å². The summed E-state index contributed by atoms with van der Waals surface area (Å²) in [6.07, 6.45) is 2.79. The monoisotopic (exact) mass is 153 g/mol. The van der Waals surface area contributed by atoms with Gasteiger partial charge < -0.3 is 5.32 Å². The third-order valence-electron chi connectivity index (χ3n) is 2.06. The lowest BCUT2D eigenvalue weighted by molar-refractivity contribution is -0.121. The smallest absolute Gasteiger partial charge is 0.219 e. The van der Waals surface area contributed by atoms with Gasteiger partial charge in [0.15, 0.2) is 0 Å². The fourth-order valence-corrected chi connectivity index (χ4v) is 1.28. The van der Waals surface area contributed by atoms with E-state index < -0.39 is 0 Å². The maximum Gasteiger partial charge on any atom is 0.219 e. The molecule has 0 bridgehead atoms. The number of hydrogen-bond acceptors (Lipinski definition) is 1. The van der Waals surface area contributed by atoms with Crippen LogP contribution in [0.1, 0.15) is 26.2 Å². The van der Waals surface area contributed by atoms with Gasteiger partial charge in [0, 0.05) is 13.0 Å². The van der Waals surface area contributed by atoms with Crippen molar-refractivity contribution in [1.29, 1.82) is 0 Å². The molecule has 2 heteroatoms. The molecule has 1 fully saturated rings. The molecule has 1 amide bonds. The largest absolute Gasteiger partial charge is 0.356 e. The second kappa shape index (κ2) is 3.56. The predicted octanol–water partition coefficient (Wildman–Crippen LogP) is 1.48. The van der Waals surface area contributed by atoms with Gasteiger partial charge in [0.25, 0.3) is 0 Å². The molecular weight excluding hydrogens is 138 g/mol. The number of carbonyl (C=O) groups excluding carboxylic acids is 1. The van der Waals surface area contributed by atoms with E-state index in [2.05, 4.69) is 11.9 Å². The molecular formula is C9H15NO. The normalized spacial score (nSPS) is 17.7. The Bertz CT molecular complexity index is 166. The number of amides is 1. The maximum absolute atomic E-state index is 10.8. The van der Waals surface area contributed by atoms with Gasteiger partial charge in [-0.25, -0.2) is 0 Å². The molecule has 1 rings (SSSR count). The summed E-state index contributed by atoms with van der Waals surface area (Å²) in [5.41, 5.74) is 1.32. The Morgan fingerprint density at radius 1 is 1.73 bits per heavy atom. The van der Waals surface area contributed by atoms with Crippen LogP contribution >= 0.6 is 0 Å². The first-order chi connectivity index (χ1) is 5.22. The van der Waals surface area contributed by atoms with Crippen LogP contribution in [0.4, 0.5) is 0 Å². The lowest BCUT2D eigenvalue weighted by Crippen LogP contribution is -2.32. The van der Waals surface area contributed by atoms with Gasteiger partial charge >= 0.3 is 0 Å². The fourth-order valence-electron chi connectivity index (χ4n) is 1.28. The Kier molecular flexibility index (Phi) is 2.69. The van der Waals surface area contributed by atoms with Gasteiger partial charge in [0.05, 0.1) is 0 Å². The van der Waals surface area contributed by atoms with Crippen LogP contribution in [0, 0.1) is 5.92 Å². The number of nitrogens with one attached hydrogen (secondary N) is 1. The molecule has 0 unspecified atom stereocenters. The first-order valence-electron chi connectivity index (χ1n) is 4.15. The van der Waals surface area contributed by atoms with Crippen molar-refractivity contribution in [2.24, 2.45) is 5.92 Å². The maximum atomic E-state index is 10.8. The Hall–Kier alpha value is -0.790. The van der Waals surface area contributed by atoms with Gasteiger partial charge in [0.2, 0.25) is 5.91 Å². The Labute approximate surface area is 67.7 Å². The molecule has 2 nitrogen and oxygen atoms in total. The highest BCUT2D eigenvalue weighted by molar-refractivity contribution is 5.75. The molecule has 11 heavy (non-hydrogen) atoms. The second-order valence-corrected chi connectivity index (χ2v) is 3.18. The van der Waals surface area contributed by atoms with Gasteiger partial charge in [-0.15, -0.1) is 0 Å². The van der Waals surface area contributed by atoms with Crippen molar-refractivity contribution in [3.8, 4) is 0 Å². The van der Waals surface area contributed by atoms with Gasteiger partial charge in [-0.2, -0.15) is 0 Å². The van der Waals surface area contributed by atoms with Gasteiger partial charge in [-0.05, 0) is 18.8 Å². The van der Waals surface area contributed by atoms with Crippen molar-refractivity contribution in [2.75, 3.05) is 6.54 Å². The molecule has 0 aromatic heterocycles. The highest BCUT2D eigenvalue weighted by atomic mass is 16.1. The van der Waals surface area contributed by atoms with Crippen molar-refractivity contribution in [1.82, 2.24) is 5.32 Å². The molecule has 0 spiro atoms. The van der Waals surface area contributed by atoms with Crippen LogP contribution in [0.25, 0.3) is 0 Å². The summed E-state index contributed by atoms with van der Waals surface area (Å²) < 4.78 is 0. The first-order valence-corrected chi connectivity index (χ1v) is 4.15. The van der Waals surface area contributed by atoms with Gasteiger partial charge in [-0.3, -0.25) is 4.79 Å². The zero-order valence-electron chi connectivity index (χ0n) is 7.02. The quantitative estimate of drug-likeness (QED) is 0.611. The van der Waals surface area contributed by atoms with Gasteiger partial charge in [0.1, 0.15) is 0 Å². The predicted molar refractivity (Wildman–Crippen MR) is 45.2 cm³/mol. The van der Waals surface area contributed by atoms with Crippen LogP contribution in [-0.2, 0) is 4.79 Å². The van der Waals surface area contributed by atoms with Crippen LogP contribution in [0.5, 0.6) is 0 Å². The number of hydrogen-bond donors (Lipinski definition) is 1. The SMILES string of the molecule is C=C1CC(CNC(=O)CC)C1. The van der Waals surface area contributed by atoms with E-state index in [0.29, 0.717) is 12.3 Å². The molecule has 0 aromatic rings.